The first-order valence-corrected chi connectivity index (χ1v) is 8.55. The largest absolute Gasteiger partial charge is 0.417 e. The van der Waals surface area contributed by atoms with Gasteiger partial charge in [-0.25, -0.2) is 9.97 Å². The molecule has 3 heterocycles. The van der Waals surface area contributed by atoms with Gasteiger partial charge in [0.2, 0.25) is 0 Å². The average Bonchev–Trinajstić information content (AvgIpc) is 3.11. The molecule has 0 aliphatic carbocycles. The Balaban J connectivity index is 1.62. The Hall–Kier alpha value is -2.97. The lowest BCUT2D eigenvalue weighted by atomic mass is 9.93. The monoisotopic (exact) mass is 375 g/mol. The van der Waals surface area contributed by atoms with Gasteiger partial charge in [-0.2, -0.15) is 18.3 Å². The first-order valence-electron chi connectivity index (χ1n) is 8.55. The first kappa shape index (κ1) is 17.4. The standard InChI is InChI=1S/C18H16F3N5O/c19-18(20,21)13-6-2-1-5-12(13)17(27)26-9-3-4-11(10-26)14-15-16(25-24-14)23-8-7-22-15/h1-2,5-8,11H,3-4,9-10H2,(H,23,24,25). The second-order valence-corrected chi connectivity index (χ2v) is 6.50. The number of benzene rings is 1. The van der Waals surface area contributed by atoms with Crippen molar-refractivity contribution in [1.82, 2.24) is 25.1 Å². The normalized spacial score (nSPS) is 18.0. The smallest absolute Gasteiger partial charge is 0.338 e. The Morgan fingerprint density at radius 2 is 1.96 bits per heavy atom. The van der Waals surface area contributed by atoms with E-state index >= 15 is 0 Å². The number of H-pyrrole nitrogens is 1. The van der Waals surface area contributed by atoms with Gasteiger partial charge in [0, 0.05) is 31.4 Å². The van der Waals surface area contributed by atoms with E-state index in [2.05, 4.69) is 20.2 Å². The van der Waals surface area contributed by atoms with E-state index in [4.69, 9.17) is 0 Å². The van der Waals surface area contributed by atoms with E-state index in [1.807, 2.05) is 0 Å². The topological polar surface area (TPSA) is 74.8 Å². The van der Waals surface area contributed by atoms with E-state index in [-0.39, 0.29) is 11.5 Å². The molecule has 6 nitrogen and oxygen atoms in total. The van der Waals surface area contributed by atoms with Crippen LogP contribution in [0.5, 0.6) is 0 Å². The van der Waals surface area contributed by atoms with Crippen molar-refractivity contribution >= 4 is 17.1 Å². The maximum absolute atomic E-state index is 13.3. The van der Waals surface area contributed by atoms with E-state index < -0.39 is 17.6 Å². The Morgan fingerprint density at radius 1 is 1.19 bits per heavy atom. The molecule has 140 valence electrons. The molecule has 1 aromatic carbocycles. The maximum atomic E-state index is 13.3. The molecule has 1 N–H and O–H groups in total. The summed E-state index contributed by atoms with van der Waals surface area (Å²) in [6.45, 7) is 0.720. The van der Waals surface area contributed by atoms with Crippen LogP contribution in [0.25, 0.3) is 11.2 Å². The van der Waals surface area contributed by atoms with Crippen molar-refractivity contribution < 1.29 is 18.0 Å². The molecule has 1 fully saturated rings. The number of carbonyl (C=O) groups excluding carboxylic acids is 1. The Kier molecular flexibility index (Phi) is 4.29. The molecule has 27 heavy (non-hydrogen) atoms. The van der Waals surface area contributed by atoms with Gasteiger partial charge in [-0.3, -0.25) is 9.89 Å². The highest BCUT2D eigenvalue weighted by molar-refractivity contribution is 5.96. The van der Waals surface area contributed by atoms with Crippen LogP contribution in [0, 0.1) is 0 Å². The molecule has 1 aliphatic heterocycles. The van der Waals surface area contributed by atoms with Crippen LogP contribution < -0.4 is 0 Å². The number of nitrogens with one attached hydrogen (secondary N) is 1. The van der Waals surface area contributed by atoms with Crippen molar-refractivity contribution in [3.63, 3.8) is 0 Å². The Bertz CT molecular complexity index is 984. The number of fused-ring (bicyclic) bond motifs is 1. The molecule has 1 unspecified atom stereocenters. The Labute approximate surface area is 152 Å². The summed E-state index contributed by atoms with van der Waals surface area (Å²) in [7, 11) is 0. The summed E-state index contributed by atoms with van der Waals surface area (Å²) in [6.07, 6.45) is 0.00490. The van der Waals surface area contributed by atoms with Gasteiger partial charge in [0.1, 0.15) is 5.52 Å². The SMILES string of the molecule is O=C(c1ccccc1C(F)(F)F)N1CCCC(c2[nH]nc3nccnc23)C1. The summed E-state index contributed by atoms with van der Waals surface area (Å²) in [4.78, 5) is 22.7. The molecule has 9 heteroatoms. The molecule has 0 radical (unpaired) electrons. The summed E-state index contributed by atoms with van der Waals surface area (Å²) < 4.78 is 39.8. The highest BCUT2D eigenvalue weighted by atomic mass is 19.4. The number of piperidine rings is 1. The summed E-state index contributed by atoms with van der Waals surface area (Å²) in [5, 5.41) is 7.04. The number of hydrogen-bond donors (Lipinski definition) is 1. The fraction of sp³-hybridized carbons (Fsp3) is 0.333. The van der Waals surface area contributed by atoms with Crippen LogP contribution in [0.15, 0.2) is 36.7 Å². The maximum Gasteiger partial charge on any atom is 0.417 e. The molecule has 3 aromatic rings. The number of halogens is 3. The second kappa shape index (κ2) is 6.64. The van der Waals surface area contributed by atoms with Crippen LogP contribution in [0.3, 0.4) is 0 Å². The molecule has 1 saturated heterocycles. The number of alkyl halides is 3. The van der Waals surface area contributed by atoms with E-state index in [9.17, 15) is 18.0 Å². The lowest BCUT2D eigenvalue weighted by Crippen LogP contribution is -2.40. The minimum absolute atomic E-state index is 0.0811. The number of nitrogens with zero attached hydrogens (tertiary/aromatic N) is 4. The third kappa shape index (κ3) is 3.24. The molecule has 4 rings (SSSR count). The number of rotatable bonds is 2. The molecule has 1 atom stereocenters. The lowest BCUT2D eigenvalue weighted by molar-refractivity contribution is -0.138. The van der Waals surface area contributed by atoms with Gasteiger partial charge in [-0.05, 0) is 25.0 Å². The van der Waals surface area contributed by atoms with Crippen LogP contribution in [0.4, 0.5) is 13.2 Å². The number of aromatic nitrogens is 4. The van der Waals surface area contributed by atoms with E-state index in [0.717, 1.165) is 18.2 Å². The molecule has 0 spiro atoms. The van der Waals surface area contributed by atoms with Crippen LogP contribution in [0.1, 0.15) is 40.4 Å². The van der Waals surface area contributed by atoms with Crippen molar-refractivity contribution in [2.45, 2.75) is 24.9 Å². The second-order valence-electron chi connectivity index (χ2n) is 6.50. The minimum Gasteiger partial charge on any atom is -0.338 e. The van der Waals surface area contributed by atoms with Gasteiger partial charge in [0.15, 0.2) is 5.65 Å². The fourth-order valence-electron chi connectivity index (χ4n) is 3.54. The highest BCUT2D eigenvalue weighted by Crippen LogP contribution is 2.34. The van der Waals surface area contributed by atoms with E-state index in [1.165, 1.54) is 29.3 Å². The third-order valence-corrected chi connectivity index (χ3v) is 4.80. The fourth-order valence-corrected chi connectivity index (χ4v) is 3.54. The van der Waals surface area contributed by atoms with Crippen LogP contribution in [-0.4, -0.2) is 44.1 Å². The molecule has 0 saturated carbocycles. The highest BCUT2D eigenvalue weighted by Gasteiger charge is 2.37. The molecule has 2 aromatic heterocycles. The average molecular weight is 375 g/mol. The molecule has 0 bridgehead atoms. The molecular formula is C18H16F3N5O. The number of carbonyl (C=O) groups is 1. The zero-order valence-electron chi connectivity index (χ0n) is 14.2. The van der Waals surface area contributed by atoms with E-state index in [1.54, 1.807) is 6.20 Å². The van der Waals surface area contributed by atoms with Gasteiger partial charge in [0.05, 0.1) is 16.8 Å². The number of amides is 1. The van der Waals surface area contributed by atoms with Crippen LogP contribution in [-0.2, 0) is 6.18 Å². The summed E-state index contributed by atoms with van der Waals surface area (Å²) >= 11 is 0. The van der Waals surface area contributed by atoms with Crippen LogP contribution in [0.2, 0.25) is 0 Å². The number of likely N-dealkylation sites (tertiary alicyclic amines) is 1. The summed E-state index contributed by atoms with van der Waals surface area (Å²) in [5.41, 5.74) is 0.653. The molecular weight excluding hydrogens is 359 g/mol. The number of hydrogen-bond acceptors (Lipinski definition) is 4. The summed E-state index contributed by atoms with van der Waals surface area (Å²) in [6, 6.07) is 4.90. The molecule has 1 aliphatic rings. The van der Waals surface area contributed by atoms with Crippen molar-refractivity contribution in [2.75, 3.05) is 13.1 Å². The zero-order chi connectivity index (χ0) is 19.0. The van der Waals surface area contributed by atoms with Gasteiger partial charge < -0.3 is 4.90 Å². The van der Waals surface area contributed by atoms with Crippen molar-refractivity contribution in [2.24, 2.45) is 0 Å². The zero-order valence-corrected chi connectivity index (χ0v) is 14.2. The third-order valence-electron chi connectivity index (χ3n) is 4.80. The quantitative estimate of drug-likeness (QED) is 0.745. The predicted molar refractivity (Wildman–Crippen MR) is 91.0 cm³/mol. The Morgan fingerprint density at radius 3 is 2.78 bits per heavy atom. The van der Waals surface area contributed by atoms with Crippen molar-refractivity contribution in [1.29, 1.82) is 0 Å². The van der Waals surface area contributed by atoms with Gasteiger partial charge in [0.25, 0.3) is 5.91 Å². The van der Waals surface area contributed by atoms with Crippen molar-refractivity contribution in [3.05, 3.63) is 53.5 Å². The predicted octanol–water partition coefficient (Wildman–Crippen LogP) is 3.39. The summed E-state index contributed by atoms with van der Waals surface area (Å²) in [5.74, 6) is -0.690. The molecule has 1 amide bonds. The van der Waals surface area contributed by atoms with Gasteiger partial charge >= 0.3 is 6.18 Å². The number of aromatic amines is 1. The van der Waals surface area contributed by atoms with Gasteiger partial charge in [-0.15, -0.1) is 0 Å². The lowest BCUT2D eigenvalue weighted by Gasteiger charge is -2.32. The van der Waals surface area contributed by atoms with E-state index in [0.29, 0.717) is 30.7 Å². The van der Waals surface area contributed by atoms with Gasteiger partial charge in [-0.1, -0.05) is 12.1 Å². The minimum atomic E-state index is -4.57. The van der Waals surface area contributed by atoms with Crippen LogP contribution >= 0.6 is 0 Å². The van der Waals surface area contributed by atoms with Crippen molar-refractivity contribution in [3.8, 4) is 0 Å². The first-order chi connectivity index (χ1) is 12.9.